The Morgan fingerprint density at radius 1 is 1.36 bits per heavy atom. The van der Waals surface area contributed by atoms with Crippen molar-refractivity contribution in [2.45, 2.75) is 6.92 Å². The molecule has 0 spiro atoms. The number of nitrogens with zero attached hydrogens (tertiary/aromatic N) is 3. The molecule has 76 valence electrons. The summed E-state index contributed by atoms with van der Waals surface area (Å²) in [4.78, 5) is 13.7. The Bertz CT molecular complexity index is 328. The summed E-state index contributed by atoms with van der Waals surface area (Å²) in [6, 6.07) is 0. The number of aromatic amines is 1. The molecular formula is C8H13N5O. The number of nitrogens with one attached hydrogen (secondary N) is 2. The first-order valence-corrected chi connectivity index (χ1v) is 4.66. The number of rotatable bonds is 1. The van der Waals surface area contributed by atoms with Crippen LogP contribution >= 0.6 is 0 Å². The molecule has 0 radical (unpaired) electrons. The third-order valence-corrected chi connectivity index (χ3v) is 2.33. The van der Waals surface area contributed by atoms with Gasteiger partial charge in [0, 0.05) is 26.2 Å². The zero-order valence-corrected chi connectivity index (χ0v) is 8.08. The van der Waals surface area contributed by atoms with Gasteiger partial charge >= 0.3 is 0 Å². The van der Waals surface area contributed by atoms with Crippen LogP contribution in [0, 0.1) is 6.92 Å². The van der Waals surface area contributed by atoms with E-state index in [1.165, 1.54) is 0 Å². The standard InChI is InChI=1S/C8H13N5O/c1-6-7(11-12-10-6)8(14)13-4-2-9-3-5-13/h9H,2-5H2,1H3,(H,10,11,12). The number of aromatic nitrogens is 3. The van der Waals surface area contributed by atoms with Crippen molar-refractivity contribution >= 4 is 5.91 Å². The normalized spacial score (nSPS) is 17.1. The number of aryl methyl sites for hydroxylation is 1. The first-order valence-electron chi connectivity index (χ1n) is 4.66. The van der Waals surface area contributed by atoms with Gasteiger partial charge in [0.1, 0.15) is 0 Å². The van der Waals surface area contributed by atoms with E-state index in [1.807, 2.05) is 0 Å². The van der Waals surface area contributed by atoms with Crippen molar-refractivity contribution in [1.29, 1.82) is 0 Å². The van der Waals surface area contributed by atoms with E-state index in [4.69, 9.17) is 0 Å². The molecule has 2 N–H and O–H groups in total. The van der Waals surface area contributed by atoms with Crippen molar-refractivity contribution in [2.24, 2.45) is 0 Å². The topological polar surface area (TPSA) is 73.9 Å². The molecule has 0 bridgehead atoms. The molecule has 1 aromatic rings. The van der Waals surface area contributed by atoms with E-state index in [9.17, 15) is 4.79 Å². The predicted octanol–water partition coefficient (Wildman–Crippen LogP) is -0.841. The highest BCUT2D eigenvalue weighted by Gasteiger charge is 2.21. The molecule has 0 aromatic carbocycles. The molecule has 0 atom stereocenters. The number of H-pyrrole nitrogens is 1. The van der Waals surface area contributed by atoms with Crippen LogP contribution in [0.3, 0.4) is 0 Å². The Morgan fingerprint density at radius 3 is 2.64 bits per heavy atom. The van der Waals surface area contributed by atoms with E-state index in [2.05, 4.69) is 20.7 Å². The number of hydrogen-bond acceptors (Lipinski definition) is 4. The van der Waals surface area contributed by atoms with Crippen molar-refractivity contribution in [1.82, 2.24) is 25.6 Å². The highest BCUT2D eigenvalue weighted by Crippen LogP contribution is 2.05. The molecule has 1 fully saturated rings. The molecule has 1 aliphatic rings. The molecule has 1 aliphatic heterocycles. The van der Waals surface area contributed by atoms with Crippen LogP contribution in [0.4, 0.5) is 0 Å². The molecule has 6 heteroatoms. The number of amides is 1. The second kappa shape index (κ2) is 3.75. The maximum absolute atomic E-state index is 11.9. The molecule has 1 amide bonds. The van der Waals surface area contributed by atoms with Crippen LogP contribution in [0.5, 0.6) is 0 Å². The van der Waals surface area contributed by atoms with Gasteiger partial charge in [-0.15, -0.1) is 0 Å². The monoisotopic (exact) mass is 195 g/mol. The fraction of sp³-hybridized carbons (Fsp3) is 0.625. The lowest BCUT2D eigenvalue weighted by atomic mass is 10.2. The third-order valence-electron chi connectivity index (χ3n) is 2.33. The van der Waals surface area contributed by atoms with E-state index in [1.54, 1.807) is 11.8 Å². The zero-order valence-electron chi connectivity index (χ0n) is 8.08. The van der Waals surface area contributed by atoms with Crippen LogP contribution in [0.2, 0.25) is 0 Å². The van der Waals surface area contributed by atoms with Gasteiger partial charge in [-0.1, -0.05) is 0 Å². The number of hydrogen-bond donors (Lipinski definition) is 2. The Balaban J connectivity index is 2.11. The van der Waals surface area contributed by atoms with Gasteiger partial charge in [0.2, 0.25) is 0 Å². The Hall–Kier alpha value is -1.43. The van der Waals surface area contributed by atoms with Crippen LogP contribution in [0.1, 0.15) is 16.2 Å². The van der Waals surface area contributed by atoms with Crippen LogP contribution < -0.4 is 5.32 Å². The summed E-state index contributed by atoms with van der Waals surface area (Å²) in [5.41, 5.74) is 1.10. The Kier molecular flexibility index (Phi) is 2.45. The van der Waals surface area contributed by atoms with Gasteiger partial charge < -0.3 is 10.2 Å². The lowest BCUT2D eigenvalue weighted by molar-refractivity contribution is 0.0729. The van der Waals surface area contributed by atoms with Gasteiger partial charge in [-0.05, 0) is 6.92 Å². The van der Waals surface area contributed by atoms with E-state index in [0.29, 0.717) is 11.4 Å². The van der Waals surface area contributed by atoms with Crippen LogP contribution in [0.25, 0.3) is 0 Å². The average molecular weight is 195 g/mol. The second-order valence-corrected chi connectivity index (χ2v) is 3.30. The summed E-state index contributed by atoms with van der Waals surface area (Å²) in [5.74, 6) is -0.0299. The maximum Gasteiger partial charge on any atom is 0.276 e. The summed E-state index contributed by atoms with van der Waals surface area (Å²) in [7, 11) is 0. The highest BCUT2D eigenvalue weighted by atomic mass is 16.2. The highest BCUT2D eigenvalue weighted by molar-refractivity contribution is 5.93. The second-order valence-electron chi connectivity index (χ2n) is 3.30. The molecule has 14 heavy (non-hydrogen) atoms. The lowest BCUT2D eigenvalue weighted by Gasteiger charge is -2.26. The van der Waals surface area contributed by atoms with Crippen LogP contribution in [0.15, 0.2) is 0 Å². The zero-order chi connectivity index (χ0) is 9.97. The van der Waals surface area contributed by atoms with Crippen LogP contribution in [-0.4, -0.2) is 52.4 Å². The molecule has 2 rings (SSSR count). The van der Waals surface area contributed by atoms with Crippen molar-refractivity contribution in [3.05, 3.63) is 11.4 Å². The fourth-order valence-electron chi connectivity index (χ4n) is 1.50. The maximum atomic E-state index is 11.9. The molecule has 0 aliphatic carbocycles. The van der Waals surface area contributed by atoms with E-state index in [0.717, 1.165) is 26.2 Å². The smallest absolute Gasteiger partial charge is 0.276 e. The SMILES string of the molecule is Cc1n[nH]nc1C(=O)N1CCNCC1. The molecule has 1 aromatic heterocycles. The summed E-state index contributed by atoms with van der Waals surface area (Å²) in [6.07, 6.45) is 0. The Morgan fingerprint density at radius 2 is 2.07 bits per heavy atom. The van der Waals surface area contributed by atoms with Crippen LogP contribution in [-0.2, 0) is 0 Å². The molecule has 6 nitrogen and oxygen atoms in total. The summed E-state index contributed by atoms with van der Waals surface area (Å²) < 4.78 is 0. The van der Waals surface area contributed by atoms with E-state index >= 15 is 0 Å². The Labute approximate surface area is 81.7 Å². The van der Waals surface area contributed by atoms with Crippen molar-refractivity contribution in [3.63, 3.8) is 0 Å². The fourth-order valence-corrected chi connectivity index (χ4v) is 1.50. The first-order chi connectivity index (χ1) is 6.79. The van der Waals surface area contributed by atoms with E-state index < -0.39 is 0 Å². The van der Waals surface area contributed by atoms with Gasteiger partial charge in [-0.2, -0.15) is 15.4 Å². The minimum Gasteiger partial charge on any atom is -0.335 e. The van der Waals surface area contributed by atoms with Gasteiger partial charge in [0.25, 0.3) is 5.91 Å². The van der Waals surface area contributed by atoms with E-state index in [-0.39, 0.29) is 5.91 Å². The summed E-state index contributed by atoms with van der Waals surface area (Å²) in [5, 5.41) is 13.3. The minimum atomic E-state index is -0.0299. The largest absolute Gasteiger partial charge is 0.335 e. The van der Waals surface area contributed by atoms with Gasteiger partial charge in [-0.3, -0.25) is 4.79 Å². The number of carbonyl (C=O) groups excluding carboxylic acids is 1. The third kappa shape index (κ3) is 1.60. The molecular weight excluding hydrogens is 182 g/mol. The average Bonchev–Trinajstić information content (AvgIpc) is 2.65. The van der Waals surface area contributed by atoms with Gasteiger partial charge in [0.05, 0.1) is 5.69 Å². The van der Waals surface area contributed by atoms with Crippen molar-refractivity contribution in [3.8, 4) is 0 Å². The van der Waals surface area contributed by atoms with Crippen molar-refractivity contribution in [2.75, 3.05) is 26.2 Å². The van der Waals surface area contributed by atoms with Gasteiger partial charge in [-0.25, -0.2) is 0 Å². The predicted molar refractivity (Wildman–Crippen MR) is 49.9 cm³/mol. The van der Waals surface area contributed by atoms with Gasteiger partial charge in [0.15, 0.2) is 5.69 Å². The quantitative estimate of drug-likeness (QED) is 0.612. The minimum absolute atomic E-state index is 0.0299. The number of carbonyl (C=O) groups is 1. The summed E-state index contributed by atoms with van der Waals surface area (Å²) >= 11 is 0. The summed E-state index contributed by atoms with van der Waals surface area (Å²) in [6.45, 7) is 4.96. The lowest BCUT2D eigenvalue weighted by Crippen LogP contribution is -2.46. The first kappa shape index (κ1) is 9.14. The van der Waals surface area contributed by atoms with Crippen molar-refractivity contribution < 1.29 is 4.79 Å². The molecule has 2 heterocycles. The molecule has 0 saturated carbocycles. The number of piperazine rings is 1. The molecule has 0 unspecified atom stereocenters. The molecule has 1 saturated heterocycles.